The van der Waals surface area contributed by atoms with Gasteiger partial charge in [0.1, 0.15) is 5.75 Å². The second-order valence-corrected chi connectivity index (χ2v) is 3.57. The van der Waals surface area contributed by atoms with E-state index in [9.17, 15) is 13.2 Å². The summed E-state index contributed by atoms with van der Waals surface area (Å²) in [6.07, 6.45) is -4.14. The number of aliphatic hydroxyl groups excluding tert-OH is 1. The smallest absolute Gasteiger partial charge is 0.416 e. The van der Waals surface area contributed by atoms with Gasteiger partial charge in [0, 0.05) is 18.2 Å². The van der Waals surface area contributed by atoms with Gasteiger partial charge in [-0.2, -0.15) is 13.2 Å². The van der Waals surface area contributed by atoms with Gasteiger partial charge in [0.15, 0.2) is 0 Å². The third kappa shape index (κ3) is 3.34. The molecule has 0 heterocycles. The molecule has 3 nitrogen and oxygen atoms in total. The lowest BCUT2D eigenvalue weighted by Crippen LogP contribution is -2.14. The van der Waals surface area contributed by atoms with Crippen molar-refractivity contribution < 1.29 is 23.0 Å². The molecule has 6 heteroatoms. The zero-order valence-electron chi connectivity index (χ0n) is 9.29. The minimum absolute atomic E-state index is 0.0841. The number of aliphatic hydroxyl groups is 1. The van der Waals surface area contributed by atoms with E-state index < -0.39 is 17.8 Å². The highest BCUT2D eigenvalue weighted by Crippen LogP contribution is 2.34. The van der Waals surface area contributed by atoms with Crippen molar-refractivity contribution in [1.82, 2.24) is 0 Å². The van der Waals surface area contributed by atoms with Crippen molar-refractivity contribution >= 4 is 0 Å². The van der Waals surface area contributed by atoms with E-state index >= 15 is 0 Å². The normalized spacial score (nSPS) is 13.5. The highest BCUT2D eigenvalue weighted by Gasteiger charge is 2.31. The third-order valence-corrected chi connectivity index (χ3v) is 2.40. The SMILES string of the molecule is COc1cc(C(F)(F)F)ccc1[C@H](N)CCO. The molecule has 0 aliphatic rings. The maximum absolute atomic E-state index is 12.5. The van der Waals surface area contributed by atoms with Gasteiger partial charge in [0.25, 0.3) is 0 Å². The molecule has 0 aliphatic carbocycles. The largest absolute Gasteiger partial charge is 0.496 e. The zero-order chi connectivity index (χ0) is 13.1. The molecular weight excluding hydrogens is 235 g/mol. The summed E-state index contributed by atoms with van der Waals surface area (Å²) >= 11 is 0. The first-order chi connectivity index (χ1) is 7.90. The molecule has 0 amide bonds. The van der Waals surface area contributed by atoms with Crippen LogP contribution in [0.2, 0.25) is 0 Å². The molecular formula is C11H14F3NO2. The molecule has 96 valence electrons. The Labute approximate surface area is 97.0 Å². The van der Waals surface area contributed by atoms with Crippen LogP contribution in [0.5, 0.6) is 5.75 Å². The van der Waals surface area contributed by atoms with E-state index in [1.54, 1.807) is 0 Å². The first-order valence-corrected chi connectivity index (χ1v) is 5.01. The Morgan fingerprint density at radius 1 is 1.41 bits per heavy atom. The van der Waals surface area contributed by atoms with E-state index in [0.717, 1.165) is 12.1 Å². The van der Waals surface area contributed by atoms with Crippen molar-refractivity contribution in [3.05, 3.63) is 29.3 Å². The van der Waals surface area contributed by atoms with Crippen LogP contribution in [0.3, 0.4) is 0 Å². The molecule has 0 aliphatic heterocycles. The third-order valence-electron chi connectivity index (χ3n) is 2.40. The Kier molecular flexibility index (Phi) is 4.36. The number of ether oxygens (including phenoxy) is 1. The minimum Gasteiger partial charge on any atom is -0.496 e. The summed E-state index contributed by atoms with van der Waals surface area (Å²) in [5.74, 6) is 0.0841. The van der Waals surface area contributed by atoms with Crippen molar-refractivity contribution in [2.45, 2.75) is 18.6 Å². The van der Waals surface area contributed by atoms with Crippen LogP contribution in [0.15, 0.2) is 18.2 Å². The second-order valence-electron chi connectivity index (χ2n) is 3.57. The number of hydrogen-bond donors (Lipinski definition) is 2. The lowest BCUT2D eigenvalue weighted by Gasteiger charge is -2.16. The van der Waals surface area contributed by atoms with Crippen LogP contribution in [0.4, 0.5) is 13.2 Å². The molecule has 17 heavy (non-hydrogen) atoms. The van der Waals surface area contributed by atoms with Crippen molar-refractivity contribution in [1.29, 1.82) is 0 Å². The summed E-state index contributed by atoms with van der Waals surface area (Å²) in [6.45, 7) is -0.134. The monoisotopic (exact) mass is 249 g/mol. The number of nitrogens with two attached hydrogens (primary N) is 1. The quantitative estimate of drug-likeness (QED) is 0.859. The molecule has 3 N–H and O–H groups in total. The number of hydrogen-bond acceptors (Lipinski definition) is 3. The van der Waals surface area contributed by atoms with E-state index in [1.807, 2.05) is 0 Å². The Balaban J connectivity index is 3.10. The van der Waals surface area contributed by atoms with Crippen LogP contribution in [0.25, 0.3) is 0 Å². The van der Waals surface area contributed by atoms with E-state index in [2.05, 4.69) is 0 Å². The van der Waals surface area contributed by atoms with Crippen LogP contribution in [-0.2, 0) is 6.18 Å². The van der Waals surface area contributed by atoms with Crippen LogP contribution in [-0.4, -0.2) is 18.8 Å². The molecule has 0 aromatic heterocycles. The Bertz CT molecular complexity index is 379. The minimum atomic E-state index is -4.41. The maximum atomic E-state index is 12.5. The molecule has 0 fully saturated rings. The molecule has 1 atom stereocenters. The summed E-state index contributed by atoms with van der Waals surface area (Å²) in [5, 5.41) is 8.74. The van der Waals surface area contributed by atoms with Gasteiger partial charge < -0.3 is 15.6 Å². The maximum Gasteiger partial charge on any atom is 0.416 e. The van der Waals surface area contributed by atoms with E-state index in [-0.39, 0.29) is 18.8 Å². The number of methoxy groups -OCH3 is 1. The van der Waals surface area contributed by atoms with E-state index in [4.69, 9.17) is 15.6 Å². The second kappa shape index (κ2) is 5.37. The first-order valence-electron chi connectivity index (χ1n) is 5.01. The molecule has 1 rings (SSSR count). The van der Waals surface area contributed by atoms with Crippen molar-refractivity contribution in [2.75, 3.05) is 13.7 Å². The average Bonchev–Trinajstić information content (AvgIpc) is 2.27. The summed E-state index contributed by atoms with van der Waals surface area (Å²) in [4.78, 5) is 0. The summed E-state index contributed by atoms with van der Waals surface area (Å²) in [7, 11) is 1.28. The standard InChI is InChI=1S/C11H14F3NO2/c1-17-10-6-7(11(12,13)14)2-3-8(10)9(15)4-5-16/h2-3,6,9,16H,4-5,15H2,1H3/t9-/m1/s1. The number of benzene rings is 1. The topological polar surface area (TPSA) is 55.5 Å². The van der Waals surface area contributed by atoms with Gasteiger partial charge in [-0.05, 0) is 18.6 Å². The van der Waals surface area contributed by atoms with Gasteiger partial charge in [0.2, 0.25) is 0 Å². The summed E-state index contributed by atoms with van der Waals surface area (Å²) < 4.78 is 42.3. The fraction of sp³-hybridized carbons (Fsp3) is 0.455. The van der Waals surface area contributed by atoms with Gasteiger partial charge >= 0.3 is 6.18 Å². The van der Waals surface area contributed by atoms with Gasteiger partial charge in [-0.25, -0.2) is 0 Å². The molecule has 0 saturated heterocycles. The first kappa shape index (κ1) is 13.8. The molecule has 0 saturated carbocycles. The predicted molar refractivity (Wildman–Crippen MR) is 56.6 cm³/mol. The highest BCUT2D eigenvalue weighted by molar-refractivity contribution is 5.40. The predicted octanol–water partition coefficient (Wildman–Crippen LogP) is 2.10. The lowest BCUT2D eigenvalue weighted by atomic mass is 10.0. The zero-order valence-corrected chi connectivity index (χ0v) is 9.29. The van der Waals surface area contributed by atoms with Crippen molar-refractivity contribution in [3.63, 3.8) is 0 Å². The fourth-order valence-corrected chi connectivity index (χ4v) is 1.49. The molecule has 1 aromatic rings. The summed E-state index contributed by atoms with van der Waals surface area (Å²) in [6, 6.07) is 2.60. The highest BCUT2D eigenvalue weighted by atomic mass is 19.4. The van der Waals surface area contributed by atoms with Gasteiger partial charge in [-0.15, -0.1) is 0 Å². The number of rotatable bonds is 4. The van der Waals surface area contributed by atoms with Gasteiger partial charge in [-0.1, -0.05) is 6.07 Å². The molecule has 0 unspecified atom stereocenters. The van der Waals surface area contributed by atoms with Crippen molar-refractivity contribution in [3.8, 4) is 5.75 Å². The number of alkyl halides is 3. The van der Waals surface area contributed by atoms with Gasteiger partial charge in [-0.3, -0.25) is 0 Å². The fourth-order valence-electron chi connectivity index (χ4n) is 1.49. The van der Waals surface area contributed by atoms with Crippen LogP contribution >= 0.6 is 0 Å². The summed E-state index contributed by atoms with van der Waals surface area (Å²) in [5.41, 5.74) is 5.39. The molecule has 1 aromatic carbocycles. The van der Waals surface area contributed by atoms with Gasteiger partial charge in [0.05, 0.1) is 12.7 Å². The average molecular weight is 249 g/mol. The molecule has 0 spiro atoms. The van der Waals surface area contributed by atoms with Crippen molar-refractivity contribution in [2.24, 2.45) is 5.73 Å². The Morgan fingerprint density at radius 2 is 2.06 bits per heavy atom. The molecule has 0 radical (unpaired) electrons. The van der Waals surface area contributed by atoms with Crippen LogP contribution in [0, 0.1) is 0 Å². The number of halogens is 3. The van der Waals surface area contributed by atoms with Crippen LogP contribution < -0.4 is 10.5 Å². The Hall–Kier alpha value is -1.27. The van der Waals surface area contributed by atoms with E-state index in [0.29, 0.717) is 5.56 Å². The van der Waals surface area contributed by atoms with E-state index in [1.165, 1.54) is 13.2 Å². The Morgan fingerprint density at radius 3 is 2.53 bits per heavy atom. The lowest BCUT2D eigenvalue weighted by molar-refractivity contribution is -0.137. The molecule has 0 bridgehead atoms. The van der Waals surface area contributed by atoms with Crippen LogP contribution in [0.1, 0.15) is 23.6 Å².